The van der Waals surface area contributed by atoms with Crippen LogP contribution in [0.15, 0.2) is 36.7 Å². The van der Waals surface area contributed by atoms with Gasteiger partial charge in [-0.2, -0.15) is 0 Å². The number of piperidine rings is 1. The standard InChI is InChI=1S/C22H27F2N2O4/c1-22(2,3)30-21(27)25-8-4-15(5-9-25)14-29-20-18(23)12-17(13-19(20)24)16-6-10-26(28)11-7-16/h6-7,10-13,15,28H,4-5,8-9,14H2,1-3H3/q+1. The minimum Gasteiger partial charge on any atom is -0.487 e. The SMILES string of the molecule is CC(C)(C)OC(=O)N1CCC(COc2c(F)cc(-c3cc[n+](O)cc3)cc2F)CC1. The van der Waals surface area contributed by atoms with Gasteiger partial charge in [0.1, 0.15) is 5.60 Å². The van der Waals surface area contributed by atoms with Crippen LogP contribution in [0.2, 0.25) is 0 Å². The Morgan fingerprint density at radius 3 is 2.23 bits per heavy atom. The lowest BCUT2D eigenvalue weighted by molar-refractivity contribution is -0.904. The number of likely N-dealkylation sites (tertiary alicyclic amines) is 1. The molecule has 0 spiro atoms. The number of benzene rings is 1. The number of carbonyl (C=O) groups is 1. The first-order valence-corrected chi connectivity index (χ1v) is 9.93. The first-order chi connectivity index (χ1) is 14.1. The fraction of sp³-hybridized carbons (Fsp3) is 0.455. The summed E-state index contributed by atoms with van der Waals surface area (Å²) in [5.41, 5.74) is 0.375. The summed E-state index contributed by atoms with van der Waals surface area (Å²) in [5.74, 6) is -1.87. The third kappa shape index (κ3) is 5.58. The van der Waals surface area contributed by atoms with Gasteiger partial charge in [0.2, 0.25) is 12.4 Å². The zero-order chi connectivity index (χ0) is 21.9. The molecule has 0 aliphatic carbocycles. The van der Waals surface area contributed by atoms with Crippen LogP contribution in [0.25, 0.3) is 11.1 Å². The van der Waals surface area contributed by atoms with Crippen LogP contribution in [0.5, 0.6) is 5.75 Å². The lowest BCUT2D eigenvalue weighted by atomic mass is 9.98. The van der Waals surface area contributed by atoms with Gasteiger partial charge in [0.25, 0.3) is 0 Å². The van der Waals surface area contributed by atoms with Crippen LogP contribution < -0.4 is 9.47 Å². The van der Waals surface area contributed by atoms with Crippen molar-refractivity contribution in [1.29, 1.82) is 0 Å². The molecule has 2 heterocycles. The first-order valence-electron chi connectivity index (χ1n) is 9.93. The Labute approximate surface area is 174 Å². The van der Waals surface area contributed by atoms with Crippen LogP contribution in [0, 0.1) is 17.6 Å². The summed E-state index contributed by atoms with van der Waals surface area (Å²) in [5, 5.41) is 9.27. The highest BCUT2D eigenvalue weighted by Crippen LogP contribution is 2.30. The molecule has 162 valence electrons. The van der Waals surface area contributed by atoms with Crippen molar-refractivity contribution in [2.45, 2.75) is 39.2 Å². The van der Waals surface area contributed by atoms with Crippen LogP contribution >= 0.6 is 0 Å². The van der Waals surface area contributed by atoms with Crippen molar-refractivity contribution >= 4 is 6.09 Å². The average Bonchev–Trinajstić information content (AvgIpc) is 2.67. The van der Waals surface area contributed by atoms with Crippen molar-refractivity contribution in [2.24, 2.45) is 5.92 Å². The van der Waals surface area contributed by atoms with Crippen LogP contribution in [0.3, 0.4) is 0 Å². The van der Waals surface area contributed by atoms with Gasteiger partial charge < -0.3 is 14.4 Å². The molecule has 1 aliphatic rings. The number of nitrogens with zero attached hydrogens (tertiary/aromatic N) is 2. The van der Waals surface area contributed by atoms with Gasteiger partial charge in [0.15, 0.2) is 17.4 Å². The largest absolute Gasteiger partial charge is 0.487 e. The maximum atomic E-state index is 14.5. The summed E-state index contributed by atoms with van der Waals surface area (Å²) in [4.78, 5) is 13.8. The van der Waals surface area contributed by atoms with E-state index in [9.17, 15) is 18.8 Å². The summed E-state index contributed by atoms with van der Waals surface area (Å²) in [6, 6.07) is 5.52. The first kappa shape index (κ1) is 21.8. The third-order valence-electron chi connectivity index (χ3n) is 4.87. The van der Waals surface area contributed by atoms with E-state index in [0.29, 0.717) is 37.1 Å². The molecule has 1 saturated heterocycles. The van der Waals surface area contributed by atoms with E-state index in [1.54, 1.807) is 17.0 Å². The van der Waals surface area contributed by atoms with Gasteiger partial charge in [-0.1, -0.05) is 0 Å². The Morgan fingerprint density at radius 1 is 1.13 bits per heavy atom. The van der Waals surface area contributed by atoms with E-state index in [1.807, 2.05) is 20.8 Å². The van der Waals surface area contributed by atoms with Crippen LogP contribution in [-0.4, -0.2) is 41.5 Å². The Balaban J connectivity index is 1.56. The highest BCUT2D eigenvalue weighted by atomic mass is 19.1. The number of ether oxygens (including phenoxy) is 2. The number of halogens is 2. The predicted molar refractivity (Wildman–Crippen MR) is 105 cm³/mol. The molecular weight excluding hydrogens is 394 g/mol. The Morgan fingerprint density at radius 2 is 1.70 bits per heavy atom. The van der Waals surface area contributed by atoms with Crippen LogP contribution in [-0.2, 0) is 4.74 Å². The summed E-state index contributed by atoms with van der Waals surface area (Å²) < 4.78 is 40.6. The highest BCUT2D eigenvalue weighted by Gasteiger charge is 2.27. The average molecular weight is 421 g/mol. The zero-order valence-corrected chi connectivity index (χ0v) is 17.4. The molecule has 1 amide bonds. The molecule has 0 radical (unpaired) electrons. The van der Waals surface area contributed by atoms with Crippen molar-refractivity contribution in [1.82, 2.24) is 4.90 Å². The molecule has 0 atom stereocenters. The van der Waals surface area contributed by atoms with E-state index in [-0.39, 0.29) is 18.6 Å². The van der Waals surface area contributed by atoms with E-state index in [0.717, 1.165) is 4.73 Å². The molecule has 8 heteroatoms. The molecule has 3 rings (SSSR count). The molecule has 6 nitrogen and oxygen atoms in total. The summed E-state index contributed by atoms with van der Waals surface area (Å²) in [6.45, 7) is 6.67. The molecule has 0 unspecified atom stereocenters. The van der Waals surface area contributed by atoms with Crippen molar-refractivity contribution in [3.8, 4) is 16.9 Å². The van der Waals surface area contributed by atoms with Crippen molar-refractivity contribution in [2.75, 3.05) is 19.7 Å². The number of rotatable bonds is 4. The van der Waals surface area contributed by atoms with Crippen molar-refractivity contribution in [3.63, 3.8) is 0 Å². The van der Waals surface area contributed by atoms with Gasteiger partial charge in [-0.25, -0.2) is 13.6 Å². The molecular formula is C22H27F2N2O4+. The molecule has 0 saturated carbocycles. The fourth-order valence-electron chi connectivity index (χ4n) is 3.29. The Hall–Kier alpha value is -2.90. The third-order valence-corrected chi connectivity index (χ3v) is 4.87. The lowest BCUT2D eigenvalue weighted by Crippen LogP contribution is -2.42. The van der Waals surface area contributed by atoms with E-state index >= 15 is 0 Å². The van der Waals surface area contributed by atoms with E-state index < -0.39 is 23.0 Å². The number of pyridine rings is 1. The van der Waals surface area contributed by atoms with Gasteiger partial charge >= 0.3 is 6.09 Å². The van der Waals surface area contributed by atoms with E-state index in [1.165, 1.54) is 24.5 Å². The van der Waals surface area contributed by atoms with Crippen LogP contribution in [0.1, 0.15) is 33.6 Å². The number of hydrogen-bond acceptors (Lipinski definition) is 4. The normalized spacial score (nSPS) is 15.2. The topological polar surface area (TPSA) is 62.9 Å². The van der Waals surface area contributed by atoms with Gasteiger partial charge in [-0.15, -0.1) is 0 Å². The second-order valence-electron chi connectivity index (χ2n) is 8.46. The van der Waals surface area contributed by atoms with Crippen molar-refractivity contribution < 1.29 is 33.0 Å². The maximum absolute atomic E-state index is 14.5. The van der Waals surface area contributed by atoms with Gasteiger partial charge in [-0.3, -0.25) is 5.21 Å². The molecule has 1 aromatic heterocycles. The fourth-order valence-corrected chi connectivity index (χ4v) is 3.29. The van der Waals surface area contributed by atoms with Gasteiger partial charge in [-0.05, 0) is 62.8 Å². The highest BCUT2D eigenvalue weighted by molar-refractivity contribution is 5.68. The van der Waals surface area contributed by atoms with Gasteiger partial charge in [0, 0.05) is 30.0 Å². The Kier molecular flexibility index (Phi) is 6.43. The molecule has 30 heavy (non-hydrogen) atoms. The minimum atomic E-state index is -0.781. The zero-order valence-electron chi connectivity index (χ0n) is 17.4. The summed E-state index contributed by atoms with van der Waals surface area (Å²) in [6.07, 6.45) is 3.75. The maximum Gasteiger partial charge on any atom is 0.410 e. The van der Waals surface area contributed by atoms with Crippen LogP contribution in [0.4, 0.5) is 13.6 Å². The number of carbonyl (C=O) groups excluding carboxylic acids is 1. The van der Waals surface area contributed by atoms with E-state index in [2.05, 4.69) is 0 Å². The molecule has 1 N–H and O–H groups in total. The number of aromatic nitrogens is 1. The smallest absolute Gasteiger partial charge is 0.410 e. The molecule has 2 aromatic rings. The number of amides is 1. The molecule has 1 fully saturated rings. The van der Waals surface area contributed by atoms with Crippen molar-refractivity contribution in [3.05, 3.63) is 48.3 Å². The second kappa shape index (κ2) is 8.85. The Bertz CT molecular complexity index is 866. The van der Waals surface area contributed by atoms with Gasteiger partial charge in [0.05, 0.1) is 6.61 Å². The molecule has 1 aliphatic heterocycles. The summed E-state index contributed by atoms with van der Waals surface area (Å²) >= 11 is 0. The quantitative estimate of drug-likeness (QED) is 0.594. The molecule has 1 aromatic carbocycles. The predicted octanol–water partition coefficient (Wildman–Crippen LogP) is 4.18. The monoisotopic (exact) mass is 421 g/mol. The minimum absolute atomic E-state index is 0.0938. The number of hydrogen-bond donors (Lipinski definition) is 1. The van der Waals surface area contributed by atoms with E-state index in [4.69, 9.17) is 9.47 Å². The molecule has 0 bridgehead atoms. The second-order valence-corrected chi connectivity index (χ2v) is 8.46. The lowest BCUT2D eigenvalue weighted by Gasteiger charge is -2.33. The summed E-state index contributed by atoms with van der Waals surface area (Å²) in [7, 11) is 0.